The molecular weight excluding hydrogens is 246 g/mol. The topological polar surface area (TPSA) is 54.0 Å². The van der Waals surface area contributed by atoms with Gasteiger partial charge in [0.25, 0.3) is 5.91 Å². The number of amides is 1. The second kappa shape index (κ2) is 6.16. The van der Waals surface area contributed by atoms with E-state index in [9.17, 15) is 4.79 Å². The number of hydrogen-bond acceptors (Lipinski definition) is 4. The smallest absolute Gasteiger partial charge is 0.251 e. The van der Waals surface area contributed by atoms with Crippen LogP contribution in [-0.4, -0.2) is 17.4 Å². The Bertz CT molecular complexity index is 511. The minimum Gasteiger partial charge on any atom is -0.379 e. The van der Waals surface area contributed by atoms with Gasteiger partial charge in [0.05, 0.1) is 17.7 Å². The maximum atomic E-state index is 11.7. The average molecular weight is 261 g/mol. The van der Waals surface area contributed by atoms with E-state index in [0.29, 0.717) is 18.7 Å². The molecule has 18 heavy (non-hydrogen) atoms. The number of nitrogens with zero attached hydrogens (tertiary/aromatic N) is 1. The zero-order chi connectivity index (χ0) is 12.8. The summed E-state index contributed by atoms with van der Waals surface area (Å²) in [5.41, 5.74) is 4.40. The van der Waals surface area contributed by atoms with Crippen molar-refractivity contribution in [1.82, 2.24) is 10.3 Å². The van der Waals surface area contributed by atoms with Crippen molar-refractivity contribution in [2.45, 2.75) is 13.5 Å². The highest BCUT2D eigenvalue weighted by Gasteiger charge is 2.04. The van der Waals surface area contributed by atoms with Crippen LogP contribution in [0.25, 0.3) is 0 Å². The van der Waals surface area contributed by atoms with Gasteiger partial charge >= 0.3 is 0 Å². The van der Waals surface area contributed by atoms with Gasteiger partial charge in [-0.2, -0.15) is 0 Å². The number of anilines is 1. The van der Waals surface area contributed by atoms with E-state index in [1.807, 2.05) is 36.0 Å². The van der Waals surface area contributed by atoms with Gasteiger partial charge in [-0.05, 0) is 25.1 Å². The first kappa shape index (κ1) is 12.6. The zero-order valence-electron chi connectivity index (χ0n) is 10.1. The third kappa shape index (κ3) is 3.30. The number of hydrogen-bond donors (Lipinski definition) is 2. The van der Waals surface area contributed by atoms with Crippen LogP contribution in [0, 0.1) is 0 Å². The van der Waals surface area contributed by atoms with Gasteiger partial charge < -0.3 is 10.6 Å². The molecule has 2 aromatic rings. The van der Waals surface area contributed by atoms with E-state index in [-0.39, 0.29) is 5.91 Å². The molecule has 1 aromatic heterocycles. The van der Waals surface area contributed by atoms with Crippen molar-refractivity contribution in [1.29, 1.82) is 0 Å². The minimum absolute atomic E-state index is 0.0465. The number of thiazole rings is 1. The lowest BCUT2D eigenvalue weighted by Crippen LogP contribution is -2.22. The van der Waals surface area contributed by atoms with Crippen molar-refractivity contribution in [2.24, 2.45) is 0 Å². The summed E-state index contributed by atoms with van der Waals surface area (Å²) in [7, 11) is 0. The average Bonchev–Trinajstić information content (AvgIpc) is 2.90. The fraction of sp³-hybridized carbons (Fsp3) is 0.231. The molecule has 0 saturated heterocycles. The molecule has 0 saturated carbocycles. The minimum atomic E-state index is -0.0465. The summed E-state index contributed by atoms with van der Waals surface area (Å²) in [6, 6.07) is 7.46. The molecule has 0 aliphatic heterocycles. The van der Waals surface area contributed by atoms with E-state index in [2.05, 4.69) is 15.6 Å². The Labute approximate surface area is 110 Å². The highest BCUT2D eigenvalue weighted by molar-refractivity contribution is 7.07. The van der Waals surface area contributed by atoms with E-state index < -0.39 is 0 Å². The van der Waals surface area contributed by atoms with Crippen molar-refractivity contribution < 1.29 is 4.79 Å². The summed E-state index contributed by atoms with van der Waals surface area (Å²) >= 11 is 1.57. The van der Waals surface area contributed by atoms with E-state index in [0.717, 1.165) is 11.4 Å². The van der Waals surface area contributed by atoms with Gasteiger partial charge in [0.1, 0.15) is 0 Å². The Balaban J connectivity index is 2.01. The van der Waals surface area contributed by atoms with Crippen molar-refractivity contribution in [3.8, 4) is 0 Å². The second-order valence-electron chi connectivity index (χ2n) is 3.77. The number of aromatic nitrogens is 1. The highest BCUT2D eigenvalue weighted by atomic mass is 32.1. The molecule has 0 aliphatic rings. The first-order valence-corrected chi connectivity index (χ1v) is 6.73. The monoisotopic (exact) mass is 261 g/mol. The van der Waals surface area contributed by atoms with Crippen LogP contribution in [0.4, 0.5) is 5.69 Å². The van der Waals surface area contributed by atoms with E-state index >= 15 is 0 Å². The van der Waals surface area contributed by atoms with Crippen molar-refractivity contribution >= 4 is 22.9 Å². The third-order valence-electron chi connectivity index (χ3n) is 2.42. The maximum absolute atomic E-state index is 11.7. The van der Waals surface area contributed by atoms with E-state index in [1.54, 1.807) is 17.4 Å². The zero-order valence-corrected chi connectivity index (χ0v) is 11.0. The Kier molecular flexibility index (Phi) is 4.30. The molecule has 2 rings (SSSR count). The predicted molar refractivity (Wildman–Crippen MR) is 73.9 cm³/mol. The van der Waals surface area contributed by atoms with Crippen LogP contribution in [-0.2, 0) is 6.54 Å². The van der Waals surface area contributed by atoms with Gasteiger partial charge in [-0.1, -0.05) is 6.07 Å². The molecule has 5 heteroatoms. The quantitative estimate of drug-likeness (QED) is 0.869. The largest absolute Gasteiger partial charge is 0.379 e. The van der Waals surface area contributed by atoms with Gasteiger partial charge in [-0.3, -0.25) is 4.79 Å². The summed E-state index contributed by atoms with van der Waals surface area (Å²) in [6.07, 6.45) is 0. The van der Waals surface area contributed by atoms with Gasteiger partial charge in [0.15, 0.2) is 0 Å². The Morgan fingerprint density at radius 2 is 2.33 bits per heavy atom. The molecule has 0 aliphatic carbocycles. The molecule has 4 nitrogen and oxygen atoms in total. The van der Waals surface area contributed by atoms with Gasteiger partial charge in [0, 0.05) is 23.2 Å². The van der Waals surface area contributed by atoms with Crippen LogP contribution >= 0.6 is 11.3 Å². The molecule has 0 atom stereocenters. The lowest BCUT2D eigenvalue weighted by Gasteiger charge is -2.07. The molecular formula is C13H15N3OS. The van der Waals surface area contributed by atoms with Crippen molar-refractivity contribution in [3.05, 3.63) is 46.4 Å². The van der Waals surface area contributed by atoms with Crippen LogP contribution in [0.3, 0.4) is 0 Å². The van der Waals surface area contributed by atoms with Crippen LogP contribution in [0.15, 0.2) is 35.2 Å². The summed E-state index contributed by atoms with van der Waals surface area (Å²) in [6.45, 7) is 3.21. The summed E-state index contributed by atoms with van der Waals surface area (Å²) in [4.78, 5) is 15.9. The molecule has 1 aromatic carbocycles. The van der Waals surface area contributed by atoms with E-state index in [4.69, 9.17) is 0 Å². The first-order chi connectivity index (χ1) is 8.79. The Morgan fingerprint density at radius 3 is 3.06 bits per heavy atom. The fourth-order valence-corrected chi connectivity index (χ4v) is 2.11. The lowest BCUT2D eigenvalue weighted by atomic mass is 10.2. The number of carbonyl (C=O) groups excluding carboxylic acids is 1. The van der Waals surface area contributed by atoms with Crippen molar-refractivity contribution in [2.75, 3.05) is 11.9 Å². The molecule has 0 unspecified atom stereocenters. The molecule has 0 spiro atoms. The maximum Gasteiger partial charge on any atom is 0.251 e. The number of carbonyl (C=O) groups is 1. The molecule has 1 amide bonds. The Hall–Kier alpha value is -1.88. The third-order valence-corrected chi connectivity index (χ3v) is 3.05. The van der Waals surface area contributed by atoms with Crippen LogP contribution in [0.1, 0.15) is 23.0 Å². The van der Waals surface area contributed by atoms with Gasteiger partial charge in [-0.25, -0.2) is 4.98 Å². The van der Waals surface area contributed by atoms with E-state index in [1.165, 1.54) is 0 Å². The number of benzene rings is 1. The predicted octanol–water partition coefficient (Wildman–Crippen LogP) is 2.50. The van der Waals surface area contributed by atoms with Crippen LogP contribution < -0.4 is 10.6 Å². The first-order valence-electron chi connectivity index (χ1n) is 5.79. The molecule has 2 N–H and O–H groups in total. The number of nitrogens with one attached hydrogen (secondary N) is 2. The molecule has 1 heterocycles. The van der Waals surface area contributed by atoms with Gasteiger partial charge in [-0.15, -0.1) is 11.3 Å². The Morgan fingerprint density at radius 1 is 1.44 bits per heavy atom. The summed E-state index contributed by atoms with van der Waals surface area (Å²) in [5, 5.41) is 8.03. The molecule has 0 bridgehead atoms. The van der Waals surface area contributed by atoms with Crippen LogP contribution in [0.5, 0.6) is 0 Å². The fourth-order valence-electron chi connectivity index (χ4n) is 1.55. The van der Waals surface area contributed by atoms with Crippen LogP contribution in [0.2, 0.25) is 0 Å². The molecule has 94 valence electrons. The van der Waals surface area contributed by atoms with Gasteiger partial charge in [0.2, 0.25) is 0 Å². The standard InChI is InChI=1S/C13H15N3OS/c1-2-14-13(17)10-4-3-5-11(6-10)15-7-12-8-18-9-16-12/h3-6,8-9,15H,2,7H2,1H3,(H,14,17). The lowest BCUT2D eigenvalue weighted by molar-refractivity contribution is 0.0956. The van der Waals surface area contributed by atoms with Crippen molar-refractivity contribution in [3.63, 3.8) is 0 Å². The normalized spacial score (nSPS) is 10.1. The number of rotatable bonds is 5. The molecule has 0 radical (unpaired) electrons. The summed E-state index contributed by atoms with van der Waals surface area (Å²) < 4.78 is 0. The highest BCUT2D eigenvalue weighted by Crippen LogP contribution is 2.12. The summed E-state index contributed by atoms with van der Waals surface area (Å²) in [5.74, 6) is -0.0465. The second-order valence-corrected chi connectivity index (χ2v) is 4.49. The SMILES string of the molecule is CCNC(=O)c1cccc(NCc2cscn2)c1. The molecule has 0 fully saturated rings.